The Morgan fingerprint density at radius 2 is 1.91 bits per heavy atom. The van der Waals surface area contributed by atoms with Gasteiger partial charge in [0.1, 0.15) is 11.5 Å². The van der Waals surface area contributed by atoms with E-state index in [2.05, 4.69) is 6.92 Å². The van der Waals surface area contributed by atoms with E-state index in [0.29, 0.717) is 25.3 Å². The first-order valence-corrected chi connectivity index (χ1v) is 11.8. The molecule has 0 saturated carbocycles. The largest absolute Gasteiger partial charge is 0.507 e. The van der Waals surface area contributed by atoms with Crippen LogP contribution < -0.4 is 4.74 Å². The quantitative estimate of drug-likeness (QED) is 0.423. The molecule has 2 aromatic carbocycles. The van der Waals surface area contributed by atoms with Gasteiger partial charge in [0.2, 0.25) is 0 Å². The number of Topliss-reactive ketones (excluding diaryl/α,β-unsaturated/α-hetero) is 1. The third-order valence-electron chi connectivity index (χ3n) is 6.85. The highest BCUT2D eigenvalue weighted by Crippen LogP contribution is 2.41. The molecule has 172 valence electrons. The third kappa shape index (κ3) is 4.04. The first-order valence-electron chi connectivity index (χ1n) is 11.8. The molecule has 5 rings (SSSR count). The zero-order valence-electron chi connectivity index (χ0n) is 18.9. The van der Waals surface area contributed by atoms with E-state index in [9.17, 15) is 14.7 Å². The Balaban J connectivity index is 1.59. The number of ketones is 1. The van der Waals surface area contributed by atoms with Crippen LogP contribution in [-0.2, 0) is 27.2 Å². The first kappa shape index (κ1) is 21.7. The lowest BCUT2D eigenvalue weighted by Crippen LogP contribution is -2.36. The molecule has 33 heavy (non-hydrogen) atoms. The summed E-state index contributed by atoms with van der Waals surface area (Å²) in [4.78, 5) is 27.9. The van der Waals surface area contributed by atoms with E-state index in [0.717, 1.165) is 49.0 Å². The number of hydrogen-bond donors (Lipinski definition) is 1. The first-order chi connectivity index (χ1) is 16.1. The Morgan fingerprint density at radius 3 is 2.64 bits per heavy atom. The lowest BCUT2D eigenvalue weighted by Gasteiger charge is -2.27. The standard InChI is InChI=1S/C27H29NO5/c1-2-17-7-9-18(10-8-17)24-23(26(30)27(31)28(24)16-21-6-4-13-32-21)25(29)20-11-12-22-19(15-20)5-3-14-33-22/h7-12,15,21,24,29H,2-6,13-14,16H2,1H3/b25-23-. The Bertz CT molecular complexity index is 1100. The van der Waals surface area contributed by atoms with Crippen molar-refractivity contribution in [3.05, 3.63) is 70.3 Å². The fraction of sp³-hybridized carbons (Fsp3) is 0.407. The minimum absolute atomic E-state index is 0.0958. The Labute approximate surface area is 193 Å². The van der Waals surface area contributed by atoms with Gasteiger partial charge in [-0.1, -0.05) is 31.2 Å². The van der Waals surface area contributed by atoms with Crippen molar-refractivity contribution in [2.45, 2.75) is 51.2 Å². The molecular formula is C27H29NO5. The van der Waals surface area contributed by atoms with Crippen molar-refractivity contribution in [3.63, 3.8) is 0 Å². The molecule has 2 aromatic rings. The number of hydrogen-bond acceptors (Lipinski definition) is 5. The SMILES string of the molecule is CCc1ccc(C2/C(=C(/O)c3ccc4c(c3)CCCO4)C(=O)C(=O)N2CC2CCCO2)cc1. The van der Waals surface area contributed by atoms with Crippen LogP contribution in [0.5, 0.6) is 5.75 Å². The summed E-state index contributed by atoms with van der Waals surface area (Å²) in [6.07, 6.45) is 4.37. The second kappa shape index (κ2) is 9.02. The minimum atomic E-state index is -0.649. The van der Waals surface area contributed by atoms with Gasteiger partial charge in [-0.3, -0.25) is 9.59 Å². The van der Waals surface area contributed by atoms with E-state index in [4.69, 9.17) is 9.47 Å². The van der Waals surface area contributed by atoms with Gasteiger partial charge >= 0.3 is 0 Å². The molecule has 2 unspecified atom stereocenters. The van der Waals surface area contributed by atoms with Crippen LogP contribution in [0.25, 0.3) is 5.76 Å². The monoisotopic (exact) mass is 447 g/mol. The lowest BCUT2D eigenvalue weighted by molar-refractivity contribution is -0.140. The van der Waals surface area contributed by atoms with E-state index in [1.54, 1.807) is 11.0 Å². The fourth-order valence-corrected chi connectivity index (χ4v) is 5.02. The van der Waals surface area contributed by atoms with Crippen LogP contribution in [-0.4, -0.2) is 47.6 Å². The van der Waals surface area contributed by atoms with E-state index >= 15 is 0 Å². The molecule has 0 bridgehead atoms. The topological polar surface area (TPSA) is 76.1 Å². The van der Waals surface area contributed by atoms with Crippen molar-refractivity contribution >= 4 is 17.4 Å². The zero-order valence-corrected chi connectivity index (χ0v) is 18.9. The smallest absolute Gasteiger partial charge is 0.295 e. The maximum Gasteiger partial charge on any atom is 0.295 e. The Hall–Kier alpha value is -3.12. The summed E-state index contributed by atoms with van der Waals surface area (Å²) < 4.78 is 11.4. The fourth-order valence-electron chi connectivity index (χ4n) is 5.02. The molecule has 6 heteroatoms. The number of benzene rings is 2. The molecule has 0 spiro atoms. The minimum Gasteiger partial charge on any atom is -0.507 e. The van der Waals surface area contributed by atoms with Crippen LogP contribution in [0.15, 0.2) is 48.0 Å². The molecule has 3 aliphatic rings. The molecule has 3 heterocycles. The van der Waals surface area contributed by atoms with Gasteiger partial charge < -0.3 is 19.5 Å². The molecular weight excluding hydrogens is 418 g/mol. The van der Waals surface area contributed by atoms with Crippen LogP contribution in [0, 0.1) is 0 Å². The van der Waals surface area contributed by atoms with Crippen molar-refractivity contribution < 1.29 is 24.2 Å². The lowest BCUT2D eigenvalue weighted by atomic mass is 9.93. The molecule has 6 nitrogen and oxygen atoms in total. The number of aryl methyl sites for hydroxylation is 2. The van der Waals surface area contributed by atoms with Crippen molar-refractivity contribution in [3.8, 4) is 5.75 Å². The van der Waals surface area contributed by atoms with Gasteiger partial charge in [0, 0.05) is 18.7 Å². The summed E-state index contributed by atoms with van der Waals surface area (Å²) >= 11 is 0. The van der Waals surface area contributed by atoms with Crippen LogP contribution in [0.4, 0.5) is 0 Å². The maximum atomic E-state index is 13.2. The van der Waals surface area contributed by atoms with E-state index in [1.165, 1.54) is 5.56 Å². The van der Waals surface area contributed by atoms with Gasteiger partial charge in [-0.25, -0.2) is 0 Å². The highest BCUT2D eigenvalue weighted by molar-refractivity contribution is 6.46. The molecule has 3 aliphatic heterocycles. The van der Waals surface area contributed by atoms with Crippen molar-refractivity contribution in [2.24, 2.45) is 0 Å². The number of ether oxygens (including phenoxy) is 2. The molecule has 1 amide bonds. The number of carbonyl (C=O) groups is 2. The summed E-state index contributed by atoms with van der Waals surface area (Å²) in [5, 5.41) is 11.3. The van der Waals surface area contributed by atoms with Crippen LogP contribution >= 0.6 is 0 Å². The summed E-state index contributed by atoms with van der Waals surface area (Å²) in [7, 11) is 0. The average molecular weight is 448 g/mol. The summed E-state index contributed by atoms with van der Waals surface area (Å²) in [5.41, 5.74) is 3.66. The molecule has 0 radical (unpaired) electrons. The number of likely N-dealkylation sites (tertiary alicyclic amines) is 1. The second-order valence-electron chi connectivity index (χ2n) is 8.96. The number of aliphatic hydroxyl groups is 1. The maximum absolute atomic E-state index is 13.2. The van der Waals surface area contributed by atoms with Gasteiger partial charge in [-0.15, -0.1) is 0 Å². The van der Waals surface area contributed by atoms with E-state index in [-0.39, 0.29) is 17.4 Å². The third-order valence-corrected chi connectivity index (χ3v) is 6.85. The number of carbonyl (C=O) groups excluding carboxylic acids is 2. The molecule has 1 N–H and O–H groups in total. The predicted octanol–water partition coefficient (Wildman–Crippen LogP) is 4.17. The van der Waals surface area contributed by atoms with Crippen molar-refractivity contribution in [1.82, 2.24) is 4.90 Å². The number of fused-ring (bicyclic) bond motifs is 1. The van der Waals surface area contributed by atoms with Gasteiger partial charge in [0.05, 0.1) is 24.3 Å². The molecule has 2 saturated heterocycles. The predicted molar refractivity (Wildman–Crippen MR) is 124 cm³/mol. The average Bonchev–Trinajstić information content (AvgIpc) is 3.46. The normalized spacial score (nSPS) is 24.1. The van der Waals surface area contributed by atoms with Crippen LogP contribution in [0.2, 0.25) is 0 Å². The Morgan fingerprint density at radius 1 is 1.09 bits per heavy atom. The van der Waals surface area contributed by atoms with E-state index < -0.39 is 17.7 Å². The molecule has 0 aromatic heterocycles. The second-order valence-corrected chi connectivity index (χ2v) is 8.96. The van der Waals surface area contributed by atoms with Crippen LogP contribution in [0.3, 0.4) is 0 Å². The Kier molecular flexibility index (Phi) is 5.94. The summed E-state index contributed by atoms with van der Waals surface area (Å²) in [5.74, 6) is -0.564. The molecule has 2 atom stereocenters. The van der Waals surface area contributed by atoms with Crippen molar-refractivity contribution in [2.75, 3.05) is 19.8 Å². The highest BCUT2D eigenvalue weighted by Gasteiger charge is 2.47. The number of nitrogens with zero attached hydrogens (tertiary/aromatic N) is 1. The number of rotatable bonds is 5. The number of aliphatic hydroxyl groups excluding tert-OH is 1. The van der Waals surface area contributed by atoms with Crippen LogP contribution in [0.1, 0.15) is 54.5 Å². The van der Waals surface area contributed by atoms with Gasteiger partial charge in [-0.05, 0) is 67.0 Å². The van der Waals surface area contributed by atoms with Gasteiger partial charge in [0.15, 0.2) is 0 Å². The summed E-state index contributed by atoms with van der Waals surface area (Å²) in [6.45, 7) is 3.76. The molecule has 0 aliphatic carbocycles. The highest BCUT2D eigenvalue weighted by atomic mass is 16.5. The van der Waals surface area contributed by atoms with Gasteiger partial charge in [-0.2, -0.15) is 0 Å². The van der Waals surface area contributed by atoms with Crippen molar-refractivity contribution in [1.29, 1.82) is 0 Å². The molecule has 2 fully saturated rings. The van der Waals surface area contributed by atoms with E-state index in [1.807, 2.05) is 36.4 Å². The number of amides is 1. The summed E-state index contributed by atoms with van der Waals surface area (Å²) in [6, 6.07) is 12.7. The van der Waals surface area contributed by atoms with Gasteiger partial charge in [0.25, 0.3) is 11.7 Å². The zero-order chi connectivity index (χ0) is 22.9.